The highest BCUT2D eigenvalue weighted by atomic mass is 32.3. The molecular weight excluding hydrogens is 186 g/mol. The lowest BCUT2D eigenvalue weighted by atomic mass is 10.1. The molecule has 1 rings (SSSR count). The van der Waals surface area contributed by atoms with Crippen LogP contribution in [0.4, 0.5) is 0 Å². The topological polar surface area (TPSA) is 104 Å². The lowest BCUT2D eigenvalue weighted by Gasteiger charge is -2.08. The van der Waals surface area contributed by atoms with E-state index in [0.717, 1.165) is 19.4 Å². The van der Waals surface area contributed by atoms with Crippen molar-refractivity contribution in [2.24, 2.45) is 0 Å². The Kier molecular flexibility index (Phi) is 4.98. The van der Waals surface area contributed by atoms with Gasteiger partial charge in [0.25, 0.3) is 0 Å². The van der Waals surface area contributed by atoms with Gasteiger partial charge in [-0.25, -0.2) is 0 Å². The van der Waals surface area contributed by atoms with E-state index in [1.54, 1.807) is 0 Å². The number of piperidine rings is 1. The van der Waals surface area contributed by atoms with Crippen LogP contribution in [0.15, 0.2) is 0 Å². The van der Waals surface area contributed by atoms with Gasteiger partial charge in [-0.2, -0.15) is 8.42 Å². The summed E-state index contributed by atoms with van der Waals surface area (Å²) in [6.45, 7) is 1.62. The van der Waals surface area contributed by atoms with Crippen LogP contribution in [0.2, 0.25) is 0 Å². The van der Waals surface area contributed by atoms with Crippen LogP contribution in [-0.2, 0) is 15.2 Å². The summed E-state index contributed by atoms with van der Waals surface area (Å²) in [6, 6.07) is 0. The zero-order chi connectivity index (χ0) is 9.61. The molecule has 0 atom stereocenters. The number of hydrogen-bond acceptors (Lipinski definition) is 4. The molecule has 1 fully saturated rings. The van der Waals surface area contributed by atoms with E-state index in [9.17, 15) is 4.79 Å². The van der Waals surface area contributed by atoms with Crippen LogP contribution in [0.3, 0.4) is 0 Å². The van der Waals surface area contributed by atoms with Gasteiger partial charge in [0.05, 0.1) is 6.54 Å². The van der Waals surface area contributed by atoms with Crippen molar-refractivity contribution in [3.8, 4) is 0 Å². The van der Waals surface area contributed by atoms with Crippen molar-refractivity contribution < 1.29 is 22.3 Å². The van der Waals surface area contributed by atoms with Crippen LogP contribution in [0.5, 0.6) is 0 Å². The van der Waals surface area contributed by atoms with Crippen molar-refractivity contribution in [2.75, 3.05) is 13.1 Å². The second-order valence-corrected chi connectivity index (χ2v) is 3.16. The van der Waals surface area contributed by atoms with Gasteiger partial charge in [0, 0.05) is 6.42 Å². The van der Waals surface area contributed by atoms with Crippen LogP contribution in [0, 0.1) is 0 Å². The standard InChI is InChI=1S/C5H9NO.H2O4S/c7-5-2-1-3-6-4-5;1-5(2,3)4/h6H,1-4H2;(H2,1,2,3,4). The number of ketones is 1. The molecule has 1 aliphatic heterocycles. The Balaban J connectivity index is 0.000000217. The maximum atomic E-state index is 10.4. The van der Waals surface area contributed by atoms with E-state index >= 15 is 0 Å². The van der Waals surface area contributed by atoms with Crippen molar-refractivity contribution in [3.63, 3.8) is 0 Å². The minimum atomic E-state index is -4.67. The van der Waals surface area contributed by atoms with Crippen LogP contribution >= 0.6 is 0 Å². The average Bonchev–Trinajstić information content (AvgIpc) is 1.85. The molecule has 0 radical (unpaired) electrons. The lowest BCUT2D eigenvalue weighted by molar-refractivity contribution is -0.119. The zero-order valence-electron chi connectivity index (χ0n) is 6.36. The van der Waals surface area contributed by atoms with E-state index in [-0.39, 0.29) is 0 Å². The first kappa shape index (κ1) is 11.5. The molecule has 0 spiro atoms. The van der Waals surface area contributed by atoms with Crippen molar-refractivity contribution in [1.82, 2.24) is 5.32 Å². The third-order valence-corrected chi connectivity index (χ3v) is 1.13. The molecule has 0 aromatic carbocycles. The quantitative estimate of drug-likeness (QED) is 0.443. The van der Waals surface area contributed by atoms with Crippen molar-refractivity contribution in [1.29, 1.82) is 0 Å². The Morgan fingerprint density at radius 2 is 1.83 bits per heavy atom. The highest BCUT2D eigenvalue weighted by Crippen LogP contribution is 1.92. The summed E-state index contributed by atoms with van der Waals surface area (Å²) in [7, 11) is -4.67. The first-order valence-electron chi connectivity index (χ1n) is 3.32. The maximum absolute atomic E-state index is 10.4. The predicted octanol–water partition coefficient (Wildman–Crippen LogP) is -0.714. The fourth-order valence-electron chi connectivity index (χ4n) is 0.727. The van der Waals surface area contributed by atoms with Crippen LogP contribution in [-0.4, -0.2) is 36.4 Å². The van der Waals surface area contributed by atoms with E-state index in [4.69, 9.17) is 17.5 Å². The second-order valence-electron chi connectivity index (χ2n) is 2.27. The first-order chi connectivity index (χ1) is 5.39. The van der Waals surface area contributed by atoms with E-state index in [1.165, 1.54) is 0 Å². The Hall–Kier alpha value is -0.500. The summed E-state index contributed by atoms with van der Waals surface area (Å²) in [4.78, 5) is 10.4. The molecule has 72 valence electrons. The zero-order valence-corrected chi connectivity index (χ0v) is 7.17. The number of carbonyl (C=O) groups is 1. The van der Waals surface area contributed by atoms with E-state index in [1.807, 2.05) is 0 Å². The number of Topliss-reactive ketones (excluding diaryl/α,β-unsaturated/α-hetero) is 1. The molecule has 1 heterocycles. The summed E-state index contributed by atoms with van der Waals surface area (Å²) < 4.78 is 31.6. The Morgan fingerprint density at radius 3 is 2.00 bits per heavy atom. The van der Waals surface area contributed by atoms with Gasteiger partial charge in [-0.15, -0.1) is 0 Å². The number of carbonyl (C=O) groups excluding carboxylic acids is 1. The van der Waals surface area contributed by atoms with Gasteiger partial charge in [0.2, 0.25) is 0 Å². The normalized spacial score (nSPS) is 18.0. The molecular formula is C5H11NO5S. The summed E-state index contributed by atoms with van der Waals surface area (Å²) in [5.41, 5.74) is 0. The minimum absolute atomic E-state index is 0.353. The summed E-state index contributed by atoms with van der Waals surface area (Å²) in [6.07, 6.45) is 1.81. The molecule has 1 aliphatic rings. The third kappa shape index (κ3) is 12.2. The first-order valence-corrected chi connectivity index (χ1v) is 4.71. The van der Waals surface area contributed by atoms with Crippen molar-refractivity contribution in [3.05, 3.63) is 0 Å². The predicted molar refractivity (Wildman–Crippen MR) is 41.3 cm³/mol. The van der Waals surface area contributed by atoms with Crippen LogP contribution in [0.25, 0.3) is 0 Å². The Bertz CT molecular complexity index is 218. The smallest absolute Gasteiger partial charge is 0.310 e. The Morgan fingerprint density at radius 1 is 1.33 bits per heavy atom. The molecule has 6 nitrogen and oxygen atoms in total. The van der Waals surface area contributed by atoms with E-state index in [2.05, 4.69) is 5.32 Å². The molecule has 0 unspecified atom stereocenters. The molecule has 0 aromatic heterocycles. The molecule has 7 heteroatoms. The fourth-order valence-corrected chi connectivity index (χ4v) is 0.727. The molecule has 0 saturated carbocycles. The van der Waals surface area contributed by atoms with Crippen molar-refractivity contribution >= 4 is 16.2 Å². The second kappa shape index (κ2) is 5.20. The van der Waals surface area contributed by atoms with E-state index < -0.39 is 10.4 Å². The largest absolute Gasteiger partial charge is 0.394 e. The van der Waals surface area contributed by atoms with Gasteiger partial charge >= 0.3 is 10.4 Å². The summed E-state index contributed by atoms with van der Waals surface area (Å²) in [5.74, 6) is 0.353. The Labute approximate surface area is 70.5 Å². The number of hydrogen-bond donors (Lipinski definition) is 3. The van der Waals surface area contributed by atoms with E-state index in [0.29, 0.717) is 12.3 Å². The molecule has 0 amide bonds. The fraction of sp³-hybridized carbons (Fsp3) is 0.800. The van der Waals surface area contributed by atoms with Crippen molar-refractivity contribution in [2.45, 2.75) is 12.8 Å². The van der Waals surface area contributed by atoms with Crippen LogP contribution in [0.1, 0.15) is 12.8 Å². The summed E-state index contributed by atoms with van der Waals surface area (Å²) in [5, 5.41) is 2.98. The monoisotopic (exact) mass is 197 g/mol. The average molecular weight is 197 g/mol. The number of rotatable bonds is 0. The highest BCUT2D eigenvalue weighted by Gasteiger charge is 2.04. The highest BCUT2D eigenvalue weighted by molar-refractivity contribution is 7.79. The number of nitrogens with one attached hydrogen (secondary N) is 1. The molecule has 3 N–H and O–H groups in total. The molecule has 0 aromatic rings. The lowest BCUT2D eigenvalue weighted by Crippen LogP contribution is -2.29. The van der Waals surface area contributed by atoms with Crippen LogP contribution < -0.4 is 5.32 Å². The van der Waals surface area contributed by atoms with Gasteiger partial charge in [-0.1, -0.05) is 0 Å². The van der Waals surface area contributed by atoms with Gasteiger partial charge in [0.15, 0.2) is 0 Å². The van der Waals surface area contributed by atoms with Gasteiger partial charge in [-0.05, 0) is 13.0 Å². The minimum Gasteiger partial charge on any atom is -0.310 e. The van der Waals surface area contributed by atoms with Gasteiger partial charge in [-0.3, -0.25) is 13.9 Å². The molecule has 0 bridgehead atoms. The third-order valence-electron chi connectivity index (χ3n) is 1.13. The van der Waals surface area contributed by atoms with Gasteiger partial charge in [0.1, 0.15) is 5.78 Å². The summed E-state index contributed by atoms with van der Waals surface area (Å²) >= 11 is 0. The molecule has 0 aliphatic carbocycles. The molecule has 12 heavy (non-hydrogen) atoms. The molecule has 1 saturated heterocycles. The SMILES string of the molecule is O=C1CCCNC1.O=S(=O)(O)O. The van der Waals surface area contributed by atoms with Gasteiger partial charge < -0.3 is 5.32 Å². The maximum Gasteiger partial charge on any atom is 0.394 e.